The third-order valence-corrected chi connectivity index (χ3v) is 14.9. The van der Waals surface area contributed by atoms with Gasteiger partial charge in [-0.1, -0.05) is 200 Å². The summed E-state index contributed by atoms with van der Waals surface area (Å²) < 4.78 is 41.1. The third-order valence-electron chi connectivity index (χ3n) is 14.9. The van der Waals surface area contributed by atoms with Crippen LogP contribution in [0.25, 0.3) is 60.5 Å². The second kappa shape index (κ2) is 17.9. The van der Waals surface area contributed by atoms with Crippen molar-refractivity contribution in [2.24, 2.45) is 0 Å². The van der Waals surface area contributed by atoms with Gasteiger partial charge in [-0.05, 0) is 152 Å². The first-order valence-electron chi connectivity index (χ1n) is 27.2. The van der Waals surface area contributed by atoms with Crippen LogP contribution in [-0.2, 0) is 5.41 Å². The highest BCUT2D eigenvalue weighted by Gasteiger charge is 2.46. The molecule has 1 aliphatic carbocycles. The molecule has 1 heterocycles. The first-order chi connectivity index (χ1) is 38.4. The zero-order valence-corrected chi connectivity index (χ0v) is 40.3. The number of benzene rings is 12. The first kappa shape index (κ1) is 39.0. The molecule has 14 rings (SSSR count). The Morgan fingerprint density at radius 1 is 0.311 bits per heavy atom. The average Bonchev–Trinajstić information content (AvgIpc) is 4.20. The van der Waals surface area contributed by atoms with Gasteiger partial charge in [-0.15, -0.1) is 0 Å². The number of hydrogen-bond donors (Lipinski definition) is 0. The van der Waals surface area contributed by atoms with E-state index in [-0.39, 0.29) is 35.4 Å². The molecule has 0 atom stereocenters. The van der Waals surface area contributed by atoms with Crippen LogP contribution in [0.1, 0.15) is 27.7 Å². The van der Waals surface area contributed by atoms with Gasteiger partial charge < -0.3 is 14.4 Å². The summed E-state index contributed by atoms with van der Waals surface area (Å²) in [6.07, 6.45) is 0. The SMILES string of the molecule is [2H]c1c([2H])c(N(c2ccccc2)c2ccc3c4ccccc4n(-c4ccccc4)c3c2)c([2H])c([2H])c1-c1ccc2cc(N(c3ccccc3)c3ccc4c(c3)C(c3ccccc3)(c3ccccc3)c3ccccc3-4)ccc2c1. The fourth-order valence-corrected chi connectivity index (χ4v) is 11.6. The summed E-state index contributed by atoms with van der Waals surface area (Å²) >= 11 is 0. The smallest absolute Gasteiger partial charge is 0.0714 e. The maximum absolute atomic E-state index is 9.74. The van der Waals surface area contributed by atoms with Crippen molar-refractivity contribution >= 4 is 66.7 Å². The van der Waals surface area contributed by atoms with E-state index in [0.29, 0.717) is 11.3 Å². The number of fused-ring (bicyclic) bond motifs is 7. The molecule has 74 heavy (non-hydrogen) atoms. The van der Waals surface area contributed by atoms with Gasteiger partial charge in [-0.25, -0.2) is 0 Å². The lowest BCUT2D eigenvalue weighted by Gasteiger charge is -2.35. The Morgan fingerprint density at radius 3 is 1.51 bits per heavy atom. The van der Waals surface area contributed by atoms with Crippen LogP contribution in [0.4, 0.5) is 34.1 Å². The largest absolute Gasteiger partial charge is 0.310 e. The van der Waals surface area contributed by atoms with E-state index in [1.54, 1.807) is 0 Å². The molecule has 0 fully saturated rings. The van der Waals surface area contributed by atoms with E-state index in [0.717, 1.165) is 61.0 Å². The molecule has 1 aromatic heterocycles. The van der Waals surface area contributed by atoms with Gasteiger partial charge in [-0.2, -0.15) is 0 Å². The lowest BCUT2D eigenvalue weighted by atomic mass is 9.67. The summed E-state index contributed by atoms with van der Waals surface area (Å²) in [5.41, 5.74) is 15.3. The van der Waals surface area contributed by atoms with Crippen molar-refractivity contribution in [1.82, 2.24) is 4.57 Å². The minimum absolute atomic E-state index is 0.113. The van der Waals surface area contributed by atoms with E-state index in [1.807, 2.05) is 89.8 Å². The fourth-order valence-electron chi connectivity index (χ4n) is 11.6. The summed E-state index contributed by atoms with van der Waals surface area (Å²) in [4.78, 5) is 4.18. The van der Waals surface area contributed by atoms with E-state index in [1.165, 1.54) is 33.4 Å². The van der Waals surface area contributed by atoms with Crippen molar-refractivity contribution in [2.45, 2.75) is 5.41 Å². The lowest BCUT2D eigenvalue weighted by Crippen LogP contribution is -2.28. The Bertz CT molecular complexity index is 4360. The van der Waals surface area contributed by atoms with Gasteiger partial charge in [0.05, 0.1) is 21.9 Å². The van der Waals surface area contributed by atoms with Crippen molar-refractivity contribution < 1.29 is 5.48 Å². The lowest BCUT2D eigenvalue weighted by molar-refractivity contribution is 0.768. The standard InChI is InChI=1S/C71H49N3/c1-6-20-54(21-7-1)71(55-22-8-2-9-23-55)67-32-18-16-30-63(67)64-44-42-61(48-68(64)71)73(57-26-12-4-13-27-57)60-41-38-52-46-51(34-35-53(52)47-60)50-36-39-59(40-37-50)72(56-24-10-3-11-25-56)62-43-45-66-65-31-17-19-33-69(65)74(70(66)49-62)58-28-14-5-15-29-58/h1-49H/i36D,37D,39D,40D. The number of rotatable bonds is 10. The summed E-state index contributed by atoms with van der Waals surface area (Å²) in [5.74, 6) is 0. The number of aromatic nitrogens is 1. The van der Waals surface area contributed by atoms with Crippen molar-refractivity contribution in [3.05, 3.63) is 319 Å². The van der Waals surface area contributed by atoms with Gasteiger partial charge in [0.1, 0.15) is 0 Å². The predicted molar refractivity (Wildman–Crippen MR) is 310 cm³/mol. The number of hydrogen-bond acceptors (Lipinski definition) is 2. The van der Waals surface area contributed by atoms with Gasteiger partial charge in [0.25, 0.3) is 0 Å². The molecule has 13 aromatic rings. The van der Waals surface area contributed by atoms with Crippen LogP contribution < -0.4 is 9.80 Å². The zero-order chi connectivity index (χ0) is 52.5. The van der Waals surface area contributed by atoms with Crippen LogP contribution in [0.3, 0.4) is 0 Å². The number of para-hydroxylation sites is 4. The quantitative estimate of drug-likeness (QED) is 0.135. The van der Waals surface area contributed by atoms with Crippen LogP contribution in [0, 0.1) is 0 Å². The Morgan fingerprint density at radius 2 is 0.811 bits per heavy atom. The highest BCUT2D eigenvalue weighted by Crippen LogP contribution is 2.57. The molecular weight excluding hydrogens is 895 g/mol. The highest BCUT2D eigenvalue weighted by atomic mass is 15.1. The monoisotopic (exact) mass is 947 g/mol. The van der Waals surface area contributed by atoms with Crippen molar-refractivity contribution in [2.75, 3.05) is 9.80 Å². The Hall–Kier alpha value is -9.70. The fraction of sp³-hybridized carbons (Fsp3) is 0.0141. The summed E-state index contributed by atoms with van der Waals surface area (Å²) in [5, 5.41) is 4.07. The van der Waals surface area contributed by atoms with Gasteiger partial charge in [0.2, 0.25) is 0 Å². The van der Waals surface area contributed by atoms with Gasteiger partial charge in [-0.3, -0.25) is 0 Å². The second-order valence-electron chi connectivity index (χ2n) is 19.0. The summed E-state index contributed by atoms with van der Waals surface area (Å²) in [6, 6.07) is 94.3. The van der Waals surface area contributed by atoms with Crippen LogP contribution in [0.15, 0.2) is 297 Å². The molecule has 0 amide bonds. The summed E-state index contributed by atoms with van der Waals surface area (Å²) in [7, 11) is 0. The number of nitrogens with zero attached hydrogens (tertiary/aromatic N) is 3. The van der Waals surface area contributed by atoms with Crippen molar-refractivity contribution in [3.8, 4) is 27.9 Å². The molecule has 3 nitrogen and oxygen atoms in total. The van der Waals surface area contributed by atoms with Gasteiger partial charge >= 0.3 is 0 Å². The zero-order valence-electron chi connectivity index (χ0n) is 44.3. The molecule has 0 spiro atoms. The number of anilines is 6. The van der Waals surface area contributed by atoms with Gasteiger partial charge in [0, 0.05) is 50.6 Å². The van der Waals surface area contributed by atoms with Crippen LogP contribution in [0.5, 0.6) is 0 Å². The molecule has 348 valence electrons. The Kier molecular flexibility index (Phi) is 9.41. The van der Waals surface area contributed by atoms with E-state index in [4.69, 9.17) is 0 Å². The first-order valence-corrected chi connectivity index (χ1v) is 25.2. The van der Waals surface area contributed by atoms with E-state index in [9.17, 15) is 5.48 Å². The van der Waals surface area contributed by atoms with Crippen LogP contribution in [0.2, 0.25) is 0 Å². The molecule has 12 aromatic carbocycles. The molecule has 0 unspecified atom stereocenters. The second-order valence-corrected chi connectivity index (χ2v) is 19.0. The molecule has 1 aliphatic rings. The Labute approximate surface area is 437 Å². The van der Waals surface area contributed by atoms with E-state index >= 15 is 0 Å². The maximum Gasteiger partial charge on any atom is 0.0714 e. The molecule has 0 radical (unpaired) electrons. The minimum Gasteiger partial charge on any atom is -0.310 e. The topological polar surface area (TPSA) is 11.4 Å². The third kappa shape index (κ3) is 7.04. The van der Waals surface area contributed by atoms with Gasteiger partial charge in [0.15, 0.2) is 0 Å². The van der Waals surface area contributed by atoms with Crippen LogP contribution in [-0.4, -0.2) is 4.57 Å². The highest BCUT2D eigenvalue weighted by molar-refractivity contribution is 6.10. The molecule has 0 saturated heterocycles. The molecule has 0 aliphatic heterocycles. The van der Waals surface area contributed by atoms with E-state index < -0.39 is 5.41 Å². The molecule has 0 N–H and O–H groups in total. The summed E-state index contributed by atoms with van der Waals surface area (Å²) in [6.45, 7) is 0. The molecular formula is C71H49N3. The van der Waals surface area contributed by atoms with Crippen molar-refractivity contribution in [1.29, 1.82) is 0 Å². The molecule has 0 bridgehead atoms. The predicted octanol–water partition coefficient (Wildman–Crippen LogP) is 18.9. The van der Waals surface area contributed by atoms with Crippen molar-refractivity contribution in [3.63, 3.8) is 0 Å². The van der Waals surface area contributed by atoms with E-state index in [2.05, 4.69) is 198 Å². The van der Waals surface area contributed by atoms with Crippen LogP contribution >= 0.6 is 0 Å². The maximum atomic E-state index is 9.74. The normalized spacial score (nSPS) is 13.2. The minimum atomic E-state index is -0.560. The average molecular weight is 948 g/mol. The molecule has 3 heteroatoms. The molecule has 0 saturated carbocycles. The Balaban J connectivity index is 0.876.